The van der Waals surface area contributed by atoms with Crippen LogP contribution in [0.1, 0.15) is 49.0 Å². The van der Waals surface area contributed by atoms with Crippen LogP contribution in [0.3, 0.4) is 0 Å². The van der Waals surface area contributed by atoms with E-state index < -0.39 is 0 Å². The number of rotatable bonds is 5. The Morgan fingerprint density at radius 1 is 1.29 bits per heavy atom. The fourth-order valence-corrected chi connectivity index (χ4v) is 2.90. The van der Waals surface area contributed by atoms with Crippen molar-refractivity contribution >= 4 is 0 Å². The predicted octanol–water partition coefficient (Wildman–Crippen LogP) is 3.82. The van der Waals surface area contributed by atoms with Crippen molar-refractivity contribution in [1.82, 2.24) is 10.3 Å². The smallest absolute Gasteiger partial charge is 0.122 e. The van der Waals surface area contributed by atoms with Crippen molar-refractivity contribution in [3.63, 3.8) is 0 Å². The molecule has 1 aromatic heterocycles. The third-order valence-corrected chi connectivity index (χ3v) is 4.16. The lowest BCUT2D eigenvalue weighted by molar-refractivity contribution is 0.356. The fourth-order valence-electron chi connectivity index (χ4n) is 2.90. The Balaban J connectivity index is 1.76. The molecule has 0 saturated carbocycles. The number of hydrogen-bond donors (Lipinski definition) is 1. The highest BCUT2D eigenvalue weighted by Crippen LogP contribution is 2.30. The first-order valence-corrected chi connectivity index (χ1v) is 7.69. The second kappa shape index (κ2) is 6.27. The molecule has 2 heterocycles. The van der Waals surface area contributed by atoms with Crippen molar-refractivity contribution in [3.8, 4) is 5.75 Å². The maximum atomic E-state index is 5.59. The van der Waals surface area contributed by atoms with Crippen molar-refractivity contribution in [2.45, 2.75) is 38.8 Å². The van der Waals surface area contributed by atoms with Crippen LogP contribution in [0.25, 0.3) is 0 Å². The molecule has 0 radical (unpaired) electrons. The van der Waals surface area contributed by atoms with Crippen LogP contribution >= 0.6 is 0 Å². The average Bonchev–Trinajstić information content (AvgIpc) is 3.00. The maximum Gasteiger partial charge on any atom is 0.122 e. The molecule has 3 heteroatoms. The van der Waals surface area contributed by atoms with Crippen molar-refractivity contribution in [3.05, 3.63) is 59.4 Å². The van der Waals surface area contributed by atoms with Crippen LogP contribution in [0, 0.1) is 0 Å². The highest BCUT2D eigenvalue weighted by molar-refractivity contribution is 5.40. The summed E-state index contributed by atoms with van der Waals surface area (Å²) in [5, 5.41) is 3.71. The topological polar surface area (TPSA) is 34.2 Å². The van der Waals surface area contributed by atoms with Crippen molar-refractivity contribution < 1.29 is 4.74 Å². The van der Waals surface area contributed by atoms with Crippen LogP contribution in [-0.4, -0.2) is 11.6 Å². The number of ether oxygens (including phenoxy) is 1. The van der Waals surface area contributed by atoms with Gasteiger partial charge in [-0.2, -0.15) is 0 Å². The first kappa shape index (κ1) is 14.1. The number of hydrogen-bond acceptors (Lipinski definition) is 3. The summed E-state index contributed by atoms with van der Waals surface area (Å²) < 4.78 is 5.59. The van der Waals surface area contributed by atoms with Crippen LogP contribution in [0.15, 0.2) is 42.7 Å². The first-order chi connectivity index (χ1) is 10.3. The van der Waals surface area contributed by atoms with Gasteiger partial charge in [0.25, 0.3) is 0 Å². The molecule has 2 atom stereocenters. The second-order valence-electron chi connectivity index (χ2n) is 5.60. The molecule has 1 aliphatic rings. The summed E-state index contributed by atoms with van der Waals surface area (Å²) in [5.41, 5.74) is 3.90. The van der Waals surface area contributed by atoms with Gasteiger partial charge in [-0.1, -0.05) is 25.1 Å². The van der Waals surface area contributed by atoms with E-state index in [1.807, 2.05) is 18.5 Å². The fraction of sp³-hybridized carbons (Fsp3) is 0.389. The van der Waals surface area contributed by atoms with Gasteiger partial charge < -0.3 is 10.1 Å². The van der Waals surface area contributed by atoms with Crippen LogP contribution in [0.2, 0.25) is 0 Å². The summed E-state index contributed by atoms with van der Waals surface area (Å²) in [5.74, 6) is 1.05. The molecule has 1 aromatic carbocycles. The van der Waals surface area contributed by atoms with E-state index >= 15 is 0 Å². The van der Waals surface area contributed by atoms with E-state index in [4.69, 9.17) is 4.74 Å². The molecule has 0 bridgehead atoms. The Morgan fingerprint density at radius 2 is 2.19 bits per heavy atom. The molecule has 0 aliphatic carbocycles. The SMILES string of the molecule is CCC(N[C@@H](C)c1cccnc1)c1ccc2c(c1)CCO2. The van der Waals surface area contributed by atoms with E-state index in [1.165, 1.54) is 16.7 Å². The standard InChI is InChI=1S/C18H22N2O/c1-3-17(20-13(2)16-5-4-9-19-12-16)14-6-7-18-15(11-14)8-10-21-18/h4-7,9,11-13,17,20H,3,8,10H2,1-2H3/t13-,17?/m0/s1. The zero-order valence-electron chi connectivity index (χ0n) is 12.7. The quantitative estimate of drug-likeness (QED) is 0.905. The van der Waals surface area contributed by atoms with Crippen molar-refractivity contribution in [2.75, 3.05) is 6.61 Å². The Bertz CT molecular complexity index is 597. The zero-order chi connectivity index (χ0) is 14.7. The largest absolute Gasteiger partial charge is 0.493 e. The van der Waals surface area contributed by atoms with Gasteiger partial charge in [-0.25, -0.2) is 0 Å². The lowest BCUT2D eigenvalue weighted by atomic mass is 9.99. The number of aromatic nitrogens is 1. The average molecular weight is 282 g/mol. The summed E-state index contributed by atoms with van der Waals surface area (Å²) in [6.45, 7) is 5.22. The minimum absolute atomic E-state index is 0.285. The van der Waals surface area contributed by atoms with Gasteiger partial charge in [0.2, 0.25) is 0 Å². The molecule has 3 nitrogen and oxygen atoms in total. The molecule has 1 aliphatic heterocycles. The van der Waals surface area contributed by atoms with Gasteiger partial charge in [0.1, 0.15) is 5.75 Å². The van der Waals surface area contributed by atoms with E-state index in [0.29, 0.717) is 6.04 Å². The predicted molar refractivity (Wildman–Crippen MR) is 84.5 cm³/mol. The number of nitrogens with one attached hydrogen (secondary N) is 1. The summed E-state index contributed by atoms with van der Waals surface area (Å²) in [6, 6.07) is 11.3. The highest BCUT2D eigenvalue weighted by Gasteiger charge is 2.17. The number of nitrogens with zero attached hydrogens (tertiary/aromatic N) is 1. The van der Waals surface area contributed by atoms with Crippen LogP contribution in [-0.2, 0) is 6.42 Å². The Kier molecular flexibility index (Phi) is 4.20. The summed E-state index contributed by atoms with van der Waals surface area (Å²) in [6.07, 6.45) is 5.83. The molecule has 21 heavy (non-hydrogen) atoms. The van der Waals surface area contributed by atoms with E-state index in [9.17, 15) is 0 Å². The van der Waals surface area contributed by atoms with Gasteiger partial charge in [-0.05, 0) is 42.2 Å². The van der Waals surface area contributed by atoms with Gasteiger partial charge in [0.05, 0.1) is 6.61 Å². The molecule has 1 N–H and O–H groups in total. The molecule has 0 fully saturated rings. The van der Waals surface area contributed by atoms with Crippen LogP contribution in [0.5, 0.6) is 5.75 Å². The van der Waals surface area contributed by atoms with Gasteiger partial charge in [-0.3, -0.25) is 4.98 Å². The van der Waals surface area contributed by atoms with E-state index in [-0.39, 0.29) is 6.04 Å². The summed E-state index contributed by atoms with van der Waals surface area (Å²) >= 11 is 0. The van der Waals surface area contributed by atoms with E-state index in [1.54, 1.807) is 0 Å². The highest BCUT2D eigenvalue weighted by atomic mass is 16.5. The third kappa shape index (κ3) is 3.08. The lowest BCUT2D eigenvalue weighted by Crippen LogP contribution is -2.24. The van der Waals surface area contributed by atoms with Gasteiger partial charge in [-0.15, -0.1) is 0 Å². The number of pyridine rings is 1. The Labute approximate surface area is 126 Å². The minimum atomic E-state index is 0.285. The molecule has 2 aromatic rings. The molecule has 1 unspecified atom stereocenters. The summed E-state index contributed by atoms with van der Waals surface area (Å²) in [4.78, 5) is 4.20. The van der Waals surface area contributed by atoms with Crippen molar-refractivity contribution in [1.29, 1.82) is 0 Å². The zero-order valence-corrected chi connectivity index (χ0v) is 12.7. The van der Waals surface area contributed by atoms with Gasteiger partial charge >= 0.3 is 0 Å². The second-order valence-corrected chi connectivity index (χ2v) is 5.60. The van der Waals surface area contributed by atoms with Gasteiger partial charge in [0.15, 0.2) is 0 Å². The molecule has 0 saturated heterocycles. The molecule has 110 valence electrons. The van der Waals surface area contributed by atoms with E-state index in [0.717, 1.165) is 25.2 Å². The monoisotopic (exact) mass is 282 g/mol. The van der Waals surface area contributed by atoms with Crippen molar-refractivity contribution in [2.24, 2.45) is 0 Å². The molecule has 0 amide bonds. The first-order valence-electron chi connectivity index (χ1n) is 7.69. The lowest BCUT2D eigenvalue weighted by Gasteiger charge is -2.23. The Hall–Kier alpha value is -1.87. The normalized spacial score (nSPS) is 16.1. The number of fused-ring (bicyclic) bond motifs is 1. The third-order valence-electron chi connectivity index (χ3n) is 4.16. The maximum absolute atomic E-state index is 5.59. The summed E-state index contributed by atoms with van der Waals surface area (Å²) in [7, 11) is 0. The van der Waals surface area contributed by atoms with Crippen LogP contribution < -0.4 is 10.1 Å². The van der Waals surface area contributed by atoms with E-state index in [2.05, 4.69) is 48.4 Å². The molecular formula is C18H22N2O. The van der Waals surface area contributed by atoms with Crippen LogP contribution in [0.4, 0.5) is 0 Å². The molecular weight excluding hydrogens is 260 g/mol. The van der Waals surface area contributed by atoms with Gasteiger partial charge in [0, 0.05) is 30.9 Å². The molecule has 0 spiro atoms. The Morgan fingerprint density at radius 3 is 2.95 bits per heavy atom. The molecule has 3 rings (SSSR count). The minimum Gasteiger partial charge on any atom is -0.493 e. The number of benzene rings is 1.